The molecule has 0 spiro atoms. The lowest BCUT2D eigenvalue weighted by Gasteiger charge is -2.31. The maximum Gasteiger partial charge on any atom is 0.317 e. The summed E-state index contributed by atoms with van der Waals surface area (Å²) in [5.74, 6) is 0.780. The van der Waals surface area contributed by atoms with Crippen LogP contribution >= 0.6 is 0 Å². The number of rotatable bonds is 6. The van der Waals surface area contributed by atoms with E-state index >= 15 is 0 Å². The van der Waals surface area contributed by atoms with E-state index in [1.807, 2.05) is 18.2 Å². The summed E-state index contributed by atoms with van der Waals surface area (Å²) in [6.45, 7) is 6.25. The van der Waals surface area contributed by atoms with Crippen LogP contribution in [-0.2, 0) is 10.2 Å². The van der Waals surface area contributed by atoms with Crippen molar-refractivity contribution in [3.63, 3.8) is 0 Å². The first-order chi connectivity index (χ1) is 12.0. The van der Waals surface area contributed by atoms with E-state index in [-0.39, 0.29) is 23.9 Å². The lowest BCUT2D eigenvalue weighted by molar-refractivity contribution is -0.121. The van der Waals surface area contributed by atoms with Gasteiger partial charge in [0.2, 0.25) is 5.91 Å². The number of hydrogen-bond donors (Lipinski definition) is 2. The monoisotopic (exact) mass is 347 g/mol. The first-order valence-corrected chi connectivity index (χ1v) is 8.93. The molecule has 6 heteroatoms. The van der Waals surface area contributed by atoms with Crippen LogP contribution in [0.4, 0.5) is 4.79 Å². The third-order valence-corrected chi connectivity index (χ3v) is 5.04. The van der Waals surface area contributed by atoms with Crippen molar-refractivity contribution in [2.75, 3.05) is 33.3 Å². The summed E-state index contributed by atoms with van der Waals surface area (Å²) < 4.78 is 5.50. The predicted octanol–water partition coefficient (Wildman–Crippen LogP) is 2.28. The van der Waals surface area contributed by atoms with E-state index in [1.54, 1.807) is 12.0 Å². The molecule has 1 unspecified atom stereocenters. The van der Waals surface area contributed by atoms with Crippen LogP contribution in [0.5, 0.6) is 5.75 Å². The molecule has 1 fully saturated rings. The number of hydrogen-bond acceptors (Lipinski definition) is 3. The molecule has 25 heavy (non-hydrogen) atoms. The molecule has 1 aliphatic heterocycles. The summed E-state index contributed by atoms with van der Waals surface area (Å²) in [6, 6.07) is 7.86. The highest BCUT2D eigenvalue weighted by Gasteiger charge is 2.28. The standard InChI is InChI=1S/C19H29N3O3/c1-4-19(2,15-8-5-6-9-16(15)25-3)10-12-21-18(24)22-13-7-11-20-17(23)14-22/h5-6,8-9H,4,7,10-14H2,1-3H3,(H,20,23)(H,21,24). The maximum atomic E-state index is 12.3. The van der Waals surface area contributed by atoms with Crippen LogP contribution in [0.1, 0.15) is 38.7 Å². The van der Waals surface area contributed by atoms with E-state index in [4.69, 9.17) is 4.74 Å². The molecular weight excluding hydrogens is 318 g/mol. The molecule has 6 nitrogen and oxygen atoms in total. The fraction of sp³-hybridized carbons (Fsp3) is 0.579. The molecule has 3 amide bonds. The Balaban J connectivity index is 1.96. The minimum absolute atomic E-state index is 0.0873. The van der Waals surface area contributed by atoms with E-state index in [2.05, 4.69) is 30.5 Å². The molecule has 1 saturated heterocycles. The summed E-state index contributed by atoms with van der Waals surface area (Å²) in [5, 5.41) is 5.74. The molecule has 0 aliphatic carbocycles. The molecule has 1 aromatic rings. The molecule has 0 bridgehead atoms. The molecule has 1 atom stereocenters. The van der Waals surface area contributed by atoms with Gasteiger partial charge in [-0.2, -0.15) is 0 Å². The van der Waals surface area contributed by atoms with E-state index in [9.17, 15) is 9.59 Å². The van der Waals surface area contributed by atoms with Gasteiger partial charge >= 0.3 is 6.03 Å². The van der Waals surface area contributed by atoms with Gasteiger partial charge in [0.05, 0.1) is 7.11 Å². The number of carbonyl (C=O) groups excluding carboxylic acids is 2. The van der Waals surface area contributed by atoms with Crippen LogP contribution in [0.3, 0.4) is 0 Å². The van der Waals surface area contributed by atoms with E-state index in [1.165, 1.54) is 0 Å². The highest BCUT2D eigenvalue weighted by atomic mass is 16.5. The van der Waals surface area contributed by atoms with Gasteiger partial charge in [-0.15, -0.1) is 0 Å². The van der Waals surface area contributed by atoms with Gasteiger partial charge in [0, 0.05) is 25.2 Å². The SMILES string of the molecule is CCC(C)(CCNC(=O)N1CCCNC(=O)C1)c1ccccc1OC. The van der Waals surface area contributed by atoms with Gasteiger partial charge in [-0.25, -0.2) is 4.79 Å². The second-order valence-corrected chi connectivity index (χ2v) is 6.72. The van der Waals surface area contributed by atoms with E-state index in [0.29, 0.717) is 19.6 Å². The van der Waals surface area contributed by atoms with Crippen LogP contribution in [0, 0.1) is 0 Å². The average Bonchev–Trinajstić information content (AvgIpc) is 2.86. The Kier molecular flexibility index (Phi) is 6.67. The molecule has 2 rings (SSSR count). The van der Waals surface area contributed by atoms with Crippen LogP contribution in [0.2, 0.25) is 0 Å². The highest BCUT2D eigenvalue weighted by Crippen LogP contribution is 2.36. The molecule has 1 heterocycles. The number of benzene rings is 1. The van der Waals surface area contributed by atoms with Crippen molar-refractivity contribution in [1.82, 2.24) is 15.5 Å². The Bertz CT molecular complexity index is 605. The van der Waals surface area contributed by atoms with Crippen LogP contribution < -0.4 is 15.4 Å². The quantitative estimate of drug-likeness (QED) is 0.829. The second kappa shape index (κ2) is 8.74. The van der Waals surface area contributed by atoms with Crippen molar-refractivity contribution >= 4 is 11.9 Å². The Morgan fingerprint density at radius 1 is 1.40 bits per heavy atom. The van der Waals surface area contributed by atoms with Crippen molar-refractivity contribution in [3.8, 4) is 5.75 Å². The largest absolute Gasteiger partial charge is 0.496 e. The van der Waals surface area contributed by atoms with Gasteiger partial charge in [-0.3, -0.25) is 4.79 Å². The molecule has 0 aromatic heterocycles. The van der Waals surface area contributed by atoms with Crippen LogP contribution in [0.25, 0.3) is 0 Å². The van der Waals surface area contributed by atoms with Crippen molar-refractivity contribution in [2.45, 2.75) is 38.5 Å². The Morgan fingerprint density at radius 2 is 2.16 bits per heavy atom. The number of urea groups is 1. The summed E-state index contributed by atoms with van der Waals surface area (Å²) in [7, 11) is 1.68. The fourth-order valence-electron chi connectivity index (χ4n) is 3.18. The topological polar surface area (TPSA) is 70.7 Å². The van der Waals surface area contributed by atoms with Gasteiger partial charge in [-0.05, 0) is 30.7 Å². The minimum Gasteiger partial charge on any atom is -0.496 e. The second-order valence-electron chi connectivity index (χ2n) is 6.72. The minimum atomic E-state index is -0.171. The van der Waals surface area contributed by atoms with Crippen molar-refractivity contribution in [1.29, 1.82) is 0 Å². The van der Waals surface area contributed by atoms with Gasteiger partial charge in [0.15, 0.2) is 0 Å². The van der Waals surface area contributed by atoms with Crippen LogP contribution in [-0.4, -0.2) is 50.1 Å². The normalized spacial score (nSPS) is 17.2. The Morgan fingerprint density at radius 3 is 2.88 bits per heavy atom. The first kappa shape index (κ1) is 19.1. The fourth-order valence-corrected chi connectivity index (χ4v) is 3.18. The molecule has 138 valence electrons. The lowest BCUT2D eigenvalue weighted by Crippen LogP contribution is -2.44. The van der Waals surface area contributed by atoms with E-state index < -0.39 is 0 Å². The average molecular weight is 347 g/mol. The molecule has 2 N–H and O–H groups in total. The number of carbonyl (C=O) groups is 2. The Labute approximate surface area is 149 Å². The van der Waals surface area contributed by atoms with Gasteiger partial charge < -0.3 is 20.3 Å². The van der Waals surface area contributed by atoms with Gasteiger partial charge in [0.25, 0.3) is 0 Å². The zero-order chi connectivity index (χ0) is 18.3. The number of nitrogens with zero attached hydrogens (tertiary/aromatic N) is 1. The molecule has 0 saturated carbocycles. The number of para-hydroxylation sites is 1. The number of ether oxygens (including phenoxy) is 1. The smallest absolute Gasteiger partial charge is 0.317 e. The van der Waals surface area contributed by atoms with Crippen molar-refractivity contribution in [2.24, 2.45) is 0 Å². The van der Waals surface area contributed by atoms with E-state index in [0.717, 1.165) is 30.6 Å². The summed E-state index contributed by atoms with van der Waals surface area (Å²) in [4.78, 5) is 25.5. The van der Waals surface area contributed by atoms with Crippen LogP contribution in [0.15, 0.2) is 24.3 Å². The summed E-state index contributed by atoms with van der Waals surface area (Å²) >= 11 is 0. The molecule has 1 aromatic carbocycles. The van der Waals surface area contributed by atoms with Gasteiger partial charge in [-0.1, -0.05) is 32.0 Å². The highest BCUT2D eigenvalue weighted by molar-refractivity contribution is 5.84. The number of amides is 3. The van der Waals surface area contributed by atoms with Crippen molar-refractivity contribution < 1.29 is 14.3 Å². The molecular formula is C19H29N3O3. The summed E-state index contributed by atoms with van der Waals surface area (Å²) in [5.41, 5.74) is 1.07. The third-order valence-electron chi connectivity index (χ3n) is 5.04. The number of methoxy groups -OCH3 is 1. The maximum absolute atomic E-state index is 12.3. The summed E-state index contributed by atoms with van der Waals surface area (Å²) in [6.07, 6.45) is 2.53. The molecule has 0 radical (unpaired) electrons. The lowest BCUT2D eigenvalue weighted by atomic mass is 9.77. The zero-order valence-electron chi connectivity index (χ0n) is 15.4. The zero-order valence-corrected chi connectivity index (χ0v) is 15.4. The molecule has 1 aliphatic rings. The first-order valence-electron chi connectivity index (χ1n) is 8.93. The third kappa shape index (κ3) is 4.87. The predicted molar refractivity (Wildman–Crippen MR) is 97.9 cm³/mol. The Hall–Kier alpha value is -2.24. The number of nitrogens with one attached hydrogen (secondary N) is 2. The van der Waals surface area contributed by atoms with Crippen molar-refractivity contribution in [3.05, 3.63) is 29.8 Å². The van der Waals surface area contributed by atoms with Gasteiger partial charge in [0.1, 0.15) is 12.3 Å².